The quantitative estimate of drug-likeness (QED) is 0.455. The lowest BCUT2D eigenvalue weighted by Crippen LogP contribution is -2.08. The molecule has 0 aliphatic rings. The lowest BCUT2D eigenvalue weighted by Gasteiger charge is -2.20. The monoisotopic (exact) mass is 353 g/mol. The van der Waals surface area contributed by atoms with Crippen LogP contribution in [0.1, 0.15) is 6.92 Å². The van der Waals surface area contributed by atoms with Gasteiger partial charge in [-0.15, -0.1) is 0 Å². The molecule has 4 aromatic carbocycles. The summed E-state index contributed by atoms with van der Waals surface area (Å²) in [6.07, 6.45) is 0. The number of fused-ring (bicyclic) bond motifs is 1. The molecular formula is C24H19NO2. The summed E-state index contributed by atoms with van der Waals surface area (Å²) < 4.78 is 0. The molecule has 3 heteroatoms. The first kappa shape index (κ1) is 16.9. The van der Waals surface area contributed by atoms with Gasteiger partial charge in [-0.2, -0.15) is 0 Å². The largest absolute Gasteiger partial charge is 0.505 e. The van der Waals surface area contributed by atoms with Crippen molar-refractivity contribution in [2.45, 2.75) is 6.92 Å². The molecule has 0 saturated heterocycles. The highest BCUT2D eigenvalue weighted by Crippen LogP contribution is 2.48. The Morgan fingerprint density at radius 3 is 1.74 bits per heavy atom. The van der Waals surface area contributed by atoms with E-state index < -0.39 is 0 Å². The second-order valence-corrected chi connectivity index (χ2v) is 6.43. The third kappa shape index (κ3) is 3.04. The molecule has 0 aromatic heterocycles. The van der Waals surface area contributed by atoms with Crippen molar-refractivity contribution in [2.75, 3.05) is 5.32 Å². The molecule has 27 heavy (non-hydrogen) atoms. The summed E-state index contributed by atoms with van der Waals surface area (Å²) in [5.74, 6) is -0.142. The number of anilines is 1. The van der Waals surface area contributed by atoms with E-state index in [9.17, 15) is 9.90 Å². The first-order valence-corrected chi connectivity index (χ1v) is 8.83. The predicted molar refractivity (Wildman–Crippen MR) is 111 cm³/mol. The molecule has 0 spiro atoms. The van der Waals surface area contributed by atoms with E-state index in [1.807, 2.05) is 84.9 Å². The number of hydrogen-bond donors (Lipinski definition) is 2. The van der Waals surface area contributed by atoms with E-state index in [0.717, 1.165) is 27.6 Å². The molecule has 4 aromatic rings. The Kier molecular flexibility index (Phi) is 4.35. The normalized spacial score (nSPS) is 10.7. The number of aromatic hydroxyl groups is 1. The van der Waals surface area contributed by atoms with Crippen molar-refractivity contribution in [1.82, 2.24) is 0 Å². The fourth-order valence-corrected chi connectivity index (χ4v) is 3.52. The minimum atomic E-state index is -0.225. The molecule has 2 N–H and O–H groups in total. The second-order valence-electron chi connectivity index (χ2n) is 6.43. The van der Waals surface area contributed by atoms with Crippen molar-refractivity contribution in [2.24, 2.45) is 0 Å². The molecule has 0 bridgehead atoms. The summed E-state index contributed by atoms with van der Waals surface area (Å²) in [6, 6.07) is 27.6. The summed E-state index contributed by atoms with van der Waals surface area (Å²) in [4.78, 5) is 11.9. The van der Waals surface area contributed by atoms with Crippen LogP contribution in [0.5, 0.6) is 5.75 Å². The van der Waals surface area contributed by atoms with E-state index in [2.05, 4.69) is 5.32 Å². The molecule has 0 atom stereocenters. The minimum absolute atomic E-state index is 0.0827. The molecule has 0 unspecified atom stereocenters. The lowest BCUT2D eigenvalue weighted by atomic mass is 9.87. The van der Waals surface area contributed by atoms with E-state index >= 15 is 0 Å². The number of hydrogen-bond acceptors (Lipinski definition) is 2. The Morgan fingerprint density at radius 1 is 0.704 bits per heavy atom. The first-order chi connectivity index (χ1) is 13.2. The van der Waals surface area contributed by atoms with Crippen LogP contribution in [0.4, 0.5) is 5.69 Å². The van der Waals surface area contributed by atoms with Crippen LogP contribution in [0.3, 0.4) is 0 Å². The molecule has 0 fully saturated rings. The van der Waals surface area contributed by atoms with Crippen LogP contribution in [-0.4, -0.2) is 11.0 Å². The van der Waals surface area contributed by atoms with Crippen LogP contribution in [-0.2, 0) is 4.79 Å². The van der Waals surface area contributed by atoms with Gasteiger partial charge in [0.05, 0.1) is 5.69 Å². The van der Waals surface area contributed by atoms with Gasteiger partial charge < -0.3 is 10.4 Å². The van der Waals surface area contributed by atoms with Gasteiger partial charge in [0.25, 0.3) is 0 Å². The summed E-state index contributed by atoms with van der Waals surface area (Å²) in [5.41, 5.74) is 4.19. The maximum atomic E-state index is 11.9. The SMILES string of the molecule is CC(=O)Nc1c(-c2ccccc2)c(-c2ccccc2)c2ccccc2c1O. The molecule has 0 aliphatic heterocycles. The summed E-state index contributed by atoms with van der Waals surface area (Å²) >= 11 is 0. The first-order valence-electron chi connectivity index (χ1n) is 8.83. The van der Waals surface area contributed by atoms with Gasteiger partial charge in [0, 0.05) is 17.9 Å². The average molecular weight is 353 g/mol. The highest BCUT2D eigenvalue weighted by Gasteiger charge is 2.21. The van der Waals surface area contributed by atoms with E-state index in [1.54, 1.807) is 0 Å². The Hall–Kier alpha value is -3.59. The smallest absolute Gasteiger partial charge is 0.221 e. The Morgan fingerprint density at radius 2 is 1.19 bits per heavy atom. The fourth-order valence-electron chi connectivity index (χ4n) is 3.52. The Bertz CT molecular complexity index is 1120. The van der Waals surface area contributed by atoms with Gasteiger partial charge in [-0.25, -0.2) is 0 Å². The van der Waals surface area contributed by atoms with Gasteiger partial charge in [-0.3, -0.25) is 4.79 Å². The van der Waals surface area contributed by atoms with Crippen LogP contribution in [0.2, 0.25) is 0 Å². The number of nitrogens with one attached hydrogen (secondary N) is 1. The fraction of sp³-hybridized carbons (Fsp3) is 0.0417. The zero-order valence-electron chi connectivity index (χ0n) is 14.9. The Balaban J connectivity index is 2.21. The van der Waals surface area contributed by atoms with Gasteiger partial charge in [-0.1, -0.05) is 84.9 Å². The lowest BCUT2D eigenvalue weighted by molar-refractivity contribution is -0.114. The zero-order chi connectivity index (χ0) is 18.8. The summed E-state index contributed by atoms with van der Waals surface area (Å²) in [5, 5.41) is 15.5. The third-order valence-corrected chi connectivity index (χ3v) is 4.61. The van der Waals surface area contributed by atoms with Crippen LogP contribution in [0.15, 0.2) is 84.9 Å². The molecular weight excluding hydrogens is 334 g/mol. The van der Waals surface area contributed by atoms with Gasteiger partial charge in [0.2, 0.25) is 5.91 Å². The molecule has 132 valence electrons. The van der Waals surface area contributed by atoms with Crippen molar-refractivity contribution >= 4 is 22.4 Å². The van der Waals surface area contributed by atoms with E-state index in [1.165, 1.54) is 6.92 Å². The average Bonchev–Trinajstić information content (AvgIpc) is 2.71. The standard InChI is InChI=1S/C24H19NO2/c1-16(26)25-23-22(18-12-6-3-7-13-18)21(17-10-4-2-5-11-17)19-14-8-9-15-20(19)24(23)27/h2-15,27H,1H3,(H,25,26). The van der Waals surface area contributed by atoms with Crippen molar-refractivity contribution < 1.29 is 9.90 Å². The third-order valence-electron chi connectivity index (χ3n) is 4.61. The minimum Gasteiger partial charge on any atom is -0.505 e. The Labute approximate surface area is 157 Å². The highest BCUT2D eigenvalue weighted by molar-refractivity contribution is 6.14. The van der Waals surface area contributed by atoms with E-state index in [4.69, 9.17) is 0 Å². The van der Waals surface area contributed by atoms with Gasteiger partial charge in [0.15, 0.2) is 0 Å². The highest BCUT2D eigenvalue weighted by atomic mass is 16.3. The number of amides is 1. The maximum Gasteiger partial charge on any atom is 0.221 e. The van der Waals surface area contributed by atoms with Crippen molar-refractivity contribution in [3.05, 3.63) is 84.9 Å². The van der Waals surface area contributed by atoms with Crippen molar-refractivity contribution in [1.29, 1.82) is 0 Å². The zero-order valence-corrected chi connectivity index (χ0v) is 14.9. The van der Waals surface area contributed by atoms with Crippen molar-refractivity contribution in [3.63, 3.8) is 0 Å². The van der Waals surface area contributed by atoms with Gasteiger partial charge in [0.1, 0.15) is 5.75 Å². The number of phenolic OH excluding ortho intramolecular Hbond substituents is 1. The van der Waals surface area contributed by atoms with Gasteiger partial charge >= 0.3 is 0 Å². The molecule has 0 radical (unpaired) electrons. The molecule has 3 nitrogen and oxygen atoms in total. The maximum absolute atomic E-state index is 11.9. The molecule has 0 aliphatic carbocycles. The van der Waals surface area contributed by atoms with Crippen LogP contribution >= 0.6 is 0 Å². The van der Waals surface area contributed by atoms with Crippen LogP contribution < -0.4 is 5.32 Å². The van der Waals surface area contributed by atoms with Crippen molar-refractivity contribution in [3.8, 4) is 28.0 Å². The number of carbonyl (C=O) groups is 1. The predicted octanol–water partition coefficient (Wildman–Crippen LogP) is 5.84. The molecule has 1 amide bonds. The molecule has 0 heterocycles. The second kappa shape index (κ2) is 6.96. The number of rotatable bonds is 3. The number of carbonyl (C=O) groups excluding carboxylic acids is 1. The number of benzene rings is 4. The van der Waals surface area contributed by atoms with Gasteiger partial charge in [-0.05, 0) is 22.1 Å². The molecule has 0 saturated carbocycles. The van der Waals surface area contributed by atoms with E-state index in [0.29, 0.717) is 11.1 Å². The molecule has 4 rings (SSSR count). The number of phenols is 1. The van der Waals surface area contributed by atoms with Crippen LogP contribution in [0, 0.1) is 0 Å². The summed E-state index contributed by atoms with van der Waals surface area (Å²) in [6.45, 7) is 1.45. The topological polar surface area (TPSA) is 49.3 Å². The van der Waals surface area contributed by atoms with E-state index in [-0.39, 0.29) is 11.7 Å². The van der Waals surface area contributed by atoms with Crippen LogP contribution in [0.25, 0.3) is 33.0 Å². The summed E-state index contributed by atoms with van der Waals surface area (Å²) in [7, 11) is 0.